The predicted octanol–water partition coefficient (Wildman–Crippen LogP) is 4.37. The molecule has 8 heteroatoms. The molecule has 170 valence electrons. The molecule has 1 atom stereocenters. The number of thiazole rings is 1. The maximum Gasteiger partial charge on any atom is 0.287 e. The maximum absolute atomic E-state index is 12.9. The van der Waals surface area contributed by atoms with Crippen LogP contribution in [0.4, 0.5) is 0 Å². The van der Waals surface area contributed by atoms with Crippen LogP contribution in [0.2, 0.25) is 0 Å². The van der Waals surface area contributed by atoms with Crippen molar-refractivity contribution in [3.8, 4) is 16.5 Å². The molecule has 33 heavy (non-hydrogen) atoms. The van der Waals surface area contributed by atoms with Crippen LogP contribution in [0, 0.1) is 0 Å². The van der Waals surface area contributed by atoms with Gasteiger partial charge in [-0.1, -0.05) is 24.3 Å². The summed E-state index contributed by atoms with van der Waals surface area (Å²) in [4.78, 5) is 19.8. The van der Waals surface area contributed by atoms with Crippen LogP contribution in [0.15, 0.2) is 65.1 Å². The second kappa shape index (κ2) is 9.74. The number of carbonyl (C=O) groups excluding carboxylic acids is 1. The van der Waals surface area contributed by atoms with E-state index in [-0.39, 0.29) is 17.7 Å². The highest BCUT2D eigenvalue weighted by Gasteiger charge is 2.24. The third-order valence-electron chi connectivity index (χ3n) is 5.78. The molecule has 0 aliphatic carbocycles. The van der Waals surface area contributed by atoms with E-state index >= 15 is 0 Å². The standard InChI is InChI=1S/C25H25N3O4S/c1-30-18-8-6-17(7-9-18)20(28-12-14-31-15-13-28)16-26-24(29)21-10-11-22(32-21)25-27-19-4-2-3-5-23(19)33-25/h2-11,20H,12-16H2,1H3,(H,26,29). The maximum atomic E-state index is 12.9. The number of para-hydroxylation sites is 1. The van der Waals surface area contributed by atoms with Crippen LogP contribution in [-0.4, -0.2) is 55.7 Å². The van der Waals surface area contributed by atoms with Crippen LogP contribution >= 0.6 is 11.3 Å². The monoisotopic (exact) mass is 463 g/mol. The summed E-state index contributed by atoms with van der Waals surface area (Å²) in [5, 5.41) is 3.81. The van der Waals surface area contributed by atoms with Gasteiger partial charge in [-0.15, -0.1) is 11.3 Å². The summed E-state index contributed by atoms with van der Waals surface area (Å²) < 4.78 is 17.7. The van der Waals surface area contributed by atoms with E-state index in [0.717, 1.165) is 39.6 Å². The van der Waals surface area contributed by atoms with E-state index < -0.39 is 0 Å². The molecule has 0 bridgehead atoms. The van der Waals surface area contributed by atoms with Gasteiger partial charge in [-0.3, -0.25) is 9.69 Å². The molecule has 1 aliphatic heterocycles. The Morgan fingerprint density at radius 3 is 2.67 bits per heavy atom. The largest absolute Gasteiger partial charge is 0.497 e. The Hall–Kier alpha value is -3.20. The van der Waals surface area contributed by atoms with Gasteiger partial charge in [-0.2, -0.15) is 0 Å². The lowest BCUT2D eigenvalue weighted by Crippen LogP contribution is -2.43. The van der Waals surface area contributed by atoms with Crippen molar-refractivity contribution >= 4 is 27.5 Å². The van der Waals surface area contributed by atoms with Gasteiger partial charge in [0.25, 0.3) is 5.91 Å². The molecular formula is C25H25N3O4S. The molecule has 1 N–H and O–H groups in total. The van der Waals surface area contributed by atoms with Crippen LogP contribution in [-0.2, 0) is 4.74 Å². The average molecular weight is 464 g/mol. The molecule has 1 aliphatic rings. The topological polar surface area (TPSA) is 76.8 Å². The van der Waals surface area contributed by atoms with E-state index in [2.05, 4.69) is 15.2 Å². The Morgan fingerprint density at radius 1 is 1.12 bits per heavy atom. The first-order chi connectivity index (χ1) is 16.2. The van der Waals surface area contributed by atoms with Crippen molar-refractivity contribution in [1.82, 2.24) is 15.2 Å². The summed E-state index contributed by atoms with van der Waals surface area (Å²) in [7, 11) is 1.65. The number of fused-ring (bicyclic) bond motifs is 1. The highest BCUT2D eigenvalue weighted by atomic mass is 32.1. The number of ether oxygens (including phenoxy) is 2. The lowest BCUT2D eigenvalue weighted by molar-refractivity contribution is 0.0161. The molecule has 1 fully saturated rings. The molecule has 1 unspecified atom stereocenters. The minimum Gasteiger partial charge on any atom is -0.497 e. The van der Waals surface area contributed by atoms with Crippen LogP contribution < -0.4 is 10.1 Å². The van der Waals surface area contributed by atoms with Gasteiger partial charge in [0.1, 0.15) is 5.75 Å². The van der Waals surface area contributed by atoms with Gasteiger partial charge in [0, 0.05) is 19.6 Å². The summed E-state index contributed by atoms with van der Waals surface area (Å²) in [5.74, 6) is 1.44. The Bertz CT molecular complexity index is 1190. The molecular weight excluding hydrogens is 438 g/mol. The number of nitrogens with zero attached hydrogens (tertiary/aromatic N) is 2. The molecule has 0 spiro atoms. The van der Waals surface area contributed by atoms with Gasteiger partial charge in [0.2, 0.25) is 0 Å². The van der Waals surface area contributed by atoms with E-state index in [4.69, 9.17) is 13.9 Å². The van der Waals surface area contributed by atoms with E-state index in [1.165, 1.54) is 0 Å². The molecule has 5 rings (SSSR count). The number of morpholine rings is 1. The van der Waals surface area contributed by atoms with E-state index in [0.29, 0.717) is 25.5 Å². The highest BCUT2D eigenvalue weighted by Crippen LogP contribution is 2.31. The Morgan fingerprint density at radius 2 is 1.91 bits per heavy atom. The van der Waals surface area contributed by atoms with Gasteiger partial charge < -0.3 is 19.2 Å². The molecule has 2 aromatic carbocycles. The predicted molar refractivity (Wildman–Crippen MR) is 128 cm³/mol. The fraction of sp³-hybridized carbons (Fsp3) is 0.280. The third kappa shape index (κ3) is 4.78. The van der Waals surface area contributed by atoms with E-state index in [1.807, 2.05) is 48.5 Å². The average Bonchev–Trinajstić information content (AvgIpc) is 3.52. The lowest BCUT2D eigenvalue weighted by Gasteiger charge is -2.34. The molecule has 4 aromatic rings. The number of benzene rings is 2. The summed E-state index contributed by atoms with van der Waals surface area (Å²) in [6.45, 7) is 3.46. The molecule has 3 heterocycles. The zero-order valence-electron chi connectivity index (χ0n) is 18.3. The number of rotatable bonds is 7. The molecule has 2 aromatic heterocycles. The van der Waals surface area contributed by atoms with Crippen molar-refractivity contribution in [2.24, 2.45) is 0 Å². The second-order valence-electron chi connectivity index (χ2n) is 7.80. The molecule has 1 amide bonds. The number of carbonyl (C=O) groups is 1. The minimum atomic E-state index is -0.242. The SMILES string of the molecule is COc1ccc(C(CNC(=O)c2ccc(-c3nc4ccccc4s3)o2)N2CCOCC2)cc1. The van der Waals surface area contributed by atoms with Crippen molar-refractivity contribution < 1.29 is 18.7 Å². The Kier molecular flexibility index (Phi) is 6.39. The first kappa shape index (κ1) is 21.6. The van der Waals surface area contributed by atoms with Gasteiger partial charge >= 0.3 is 0 Å². The fourth-order valence-corrected chi connectivity index (χ4v) is 4.93. The number of nitrogens with one attached hydrogen (secondary N) is 1. The van der Waals surface area contributed by atoms with Crippen molar-refractivity contribution in [2.75, 3.05) is 40.0 Å². The minimum absolute atomic E-state index is 0.0300. The van der Waals surface area contributed by atoms with Crippen molar-refractivity contribution in [3.05, 3.63) is 72.0 Å². The zero-order valence-corrected chi connectivity index (χ0v) is 19.1. The molecule has 0 saturated carbocycles. The first-order valence-corrected chi connectivity index (χ1v) is 11.7. The van der Waals surface area contributed by atoms with Crippen molar-refractivity contribution in [1.29, 1.82) is 0 Å². The Balaban J connectivity index is 1.30. The van der Waals surface area contributed by atoms with Gasteiger partial charge in [-0.25, -0.2) is 4.98 Å². The second-order valence-corrected chi connectivity index (χ2v) is 8.83. The number of aromatic nitrogens is 1. The van der Waals surface area contributed by atoms with Gasteiger partial charge in [0.05, 0.1) is 36.6 Å². The number of methoxy groups -OCH3 is 1. The summed E-state index contributed by atoms with van der Waals surface area (Å²) in [5.41, 5.74) is 2.04. The van der Waals surface area contributed by atoms with Crippen LogP contribution in [0.5, 0.6) is 5.75 Å². The van der Waals surface area contributed by atoms with Crippen molar-refractivity contribution in [3.63, 3.8) is 0 Å². The highest BCUT2D eigenvalue weighted by molar-refractivity contribution is 7.21. The number of furan rings is 1. The van der Waals surface area contributed by atoms with E-state index in [1.54, 1.807) is 30.6 Å². The van der Waals surface area contributed by atoms with Crippen LogP contribution in [0.1, 0.15) is 22.2 Å². The number of amides is 1. The normalized spacial score (nSPS) is 15.4. The van der Waals surface area contributed by atoms with Crippen LogP contribution in [0.3, 0.4) is 0 Å². The molecule has 1 saturated heterocycles. The van der Waals surface area contributed by atoms with Gasteiger partial charge in [0.15, 0.2) is 16.5 Å². The smallest absolute Gasteiger partial charge is 0.287 e. The summed E-state index contributed by atoms with van der Waals surface area (Å²) in [6.07, 6.45) is 0. The van der Waals surface area contributed by atoms with E-state index in [9.17, 15) is 4.79 Å². The summed E-state index contributed by atoms with van der Waals surface area (Å²) in [6, 6.07) is 19.5. The number of hydrogen-bond acceptors (Lipinski definition) is 7. The quantitative estimate of drug-likeness (QED) is 0.439. The van der Waals surface area contributed by atoms with Gasteiger partial charge in [-0.05, 0) is 42.0 Å². The third-order valence-corrected chi connectivity index (χ3v) is 6.83. The Labute approximate surface area is 195 Å². The van der Waals surface area contributed by atoms with Crippen LogP contribution in [0.25, 0.3) is 21.0 Å². The number of hydrogen-bond donors (Lipinski definition) is 1. The van der Waals surface area contributed by atoms with Crippen molar-refractivity contribution in [2.45, 2.75) is 6.04 Å². The molecule has 0 radical (unpaired) electrons. The molecule has 7 nitrogen and oxygen atoms in total. The summed E-state index contributed by atoms with van der Waals surface area (Å²) >= 11 is 1.55. The lowest BCUT2D eigenvalue weighted by atomic mass is 10.0. The first-order valence-electron chi connectivity index (χ1n) is 10.9. The fourth-order valence-electron chi connectivity index (χ4n) is 4.00. The zero-order chi connectivity index (χ0) is 22.6.